The van der Waals surface area contributed by atoms with Crippen LogP contribution in [0, 0.1) is 0 Å². The van der Waals surface area contributed by atoms with Crippen LogP contribution in [0.5, 0.6) is 0 Å². The van der Waals surface area contributed by atoms with Crippen LogP contribution in [0.4, 0.5) is 0 Å². The molecule has 2 rings (SSSR count). The first-order valence-corrected chi connectivity index (χ1v) is 5.79. The topological polar surface area (TPSA) is 54.2 Å². The Hall–Kier alpha value is -0.940. The van der Waals surface area contributed by atoms with Gasteiger partial charge in [0.15, 0.2) is 5.82 Å². The molecule has 1 aliphatic heterocycles. The molecule has 0 bridgehead atoms. The van der Waals surface area contributed by atoms with Crippen molar-refractivity contribution in [2.24, 2.45) is 0 Å². The second kappa shape index (κ2) is 4.51. The summed E-state index contributed by atoms with van der Waals surface area (Å²) >= 11 is 0. The van der Waals surface area contributed by atoms with Gasteiger partial charge in [-0.05, 0) is 40.0 Å². The Balaban J connectivity index is 2.10. The second-order valence-corrected chi connectivity index (χ2v) is 5.06. The van der Waals surface area contributed by atoms with E-state index in [0.717, 1.165) is 44.2 Å². The van der Waals surface area contributed by atoms with Crippen LogP contribution < -0.4 is 5.32 Å². The average Bonchev–Trinajstić information content (AvgIpc) is 2.67. The molecule has 1 aromatic heterocycles. The number of hydrogen-bond acceptors (Lipinski definition) is 5. The number of piperidine rings is 1. The van der Waals surface area contributed by atoms with Crippen LogP contribution in [0.2, 0.25) is 0 Å². The number of hydrogen-bond donors (Lipinski definition) is 1. The summed E-state index contributed by atoms with van der Waals surface area (Å²) in [5, 5.41) is 7.38. The lowest BCUT2D eigenvalue weighted by Gasteiger charge is -2.30. The van der Waals surface area contributed by atoms with Gasteiger partial charge in [-0.25, -0.2) is 0 Å². The molecule has 1 aromatic rings. The zero-order chi connectivity index (χ0) is 11.6. The quantitative estimate of drug-likeness (QED) is 0.822. The monoisotopic (exact) mass is 224 g/mol. The summed E-state index contributed by atoms with van der Waals surface area (Å²) in [6, 6.07) is 0. The molecule has 1 aliphatic rings. The molecule has 0 saturated carbocycles. The Labute approximate surface area is 96.2 Å². The van der Waals surface area contributed by atoms with Gasteiger partial charge in [0.25, 0.3) is 0 Å². The van der Waals surface area contributed by atoms with Gasteiger partial charge >= 0.3 is 0 Å². The van der Waals surface area contributed by atoms with Crippen LogP contribution in [0.15, 0.2) is 4.52 Å². The van der Waals surface area contributed by atoms with Gasteiger partial charge in [0.1, 0.15) is 0 Å². The smallest absolute Gasteiger partial charge is 0.232 e. The Morgan fingerprint density at radius 1 is 1.38 bits per heavy atom. The molecule has 1 N–H and O–H groups in total. The molecule has 0 amide bonds. The van der Waals surface area contributed by atoms with Crippen LogP contribution in [-0.4, -0.2) is 42.2 Å². The van der Waals surface area contributed by atoms with E-state index in [1.54, 1.807) is 0 Å². The largest absolute Gasteiger partial charge is 0.339 e. The molecule has 1 fully saturated rings. The highest BCUT2D eigenvalue weighted by Crippen LogP contribution is 2.31. The molecule has 2 heterocycles. The third-order valence-corrected chi connectivity index (χ3v) is 3.15. The van der Waals surface area contributed by atoms with Gasteiger partial charge in [-0.3, -0.25) is 0 Å². The van der Waals surface area contributed by atoms with E-state index in [2.05, 4.69) is 22.4 Å². The van der Waals surface area contributed by atoms with E-state index in [9.17, 15) is 0 Å². The van der Waals surface area contributed by atoms with Crippen LogP contribution in [0.1, 0.15) is 31.5 Å². The molecule has 1 saturated heterocycles. The van der Waals surface area contributed by atoms with Gasteiger partial charge in [-0.15, -0.1) is 0 Å². The van der Waals surface area contributed by atoms with E-state index in [0.29, 0.717) is 0 Å². The standard InChI is InChI=1S/C11H20N4O/c1-11(4-6-12-7-5-11)10-13-9(14-16-10)8-15(2)3/h12H,4-8H2,1-3H3. The molecular formula is C11H20N4O. The number of nitrogens with zero attached hydrogens (tertiary/aromatic N) is 3. The first-order valence-electron chi connectivity index (χ1n) is 5.79. The predicted molar refractivity (Wildman–Crippen MR) is 61.1 cm³/mol. The van der Waals surface area contributed by atoms with Crippen LogP contribution >= 0.6 is 0 Å². The second-order valence-electron chi connectivity index (χ2n) is 5.06. The Morgan fingerprint density at radius 2 is 2.06 bits per heavy atom. The van der Waals surface area contributed by atoms with Crippen molar-refractivity contribution in [3.63, 3.8) is 0 Å². The maximum atomic E-state index is 5.39. The number of rotatable bonds is 3. The van der Waals surface area contributed by atoms with Gasteiger partial charge in [-0.2, -0.15) is 4.98 Å². The fraction of sp³-hybridized carbons (Fsp3) is 0.818. The fourth-order valence-corrected chi connectivity index (χ4v) is 2.04. The van der Waals surface area contributed by atoms with Gasteiger partial charge in [-0.1, -0.05) is 12.1 Å². The molecule has 0 unspecified atom stereocenters. The lowest BCUT2D eigenvalue weighted by atomic mass is 9.81. The van der Waals surface area contributed by atoms with Crippen molar-refractivity contribution in [2.45, 2.75) is 31.7 Å². The summed E-state index contributed by atoms with van der Waals surface area (Å²) < 4.78 is 5.39. The van der Waals surface area contributed by atoms with Gasteiger partial charge in [0, 0.05) is 5.41 Å². The zero-order valence-corrected chi connectivity index (χ0v) is 10.3. The summed E-state index contributed by atoms with van der Waals surface area (Å²) in [4.78, 5) is 6.54. The van der Waals surface area contributed by atoms with E-state index in [1.807, 2.05) is 19.0 Å². The summed E-state index contributed by atoms with van der Waals surface area (Å²) in [5.41, 5.74) is 0.0583. The number of nitrogens with one attached hydrogen (secondary N) is 1. The van der Waals surface area contributed by atoms with Crippen LogP contribution in [-0.2, 0) is 12.0 Å². The van der Waals surface area contributed by atoms with Crippen LogP contribution in [0.25, 0.3) is 0 Å². The molecule has 0 atom stereocenters. The van der Waals surface area contributed by atoms with E-state index in [4.69, 9.17) is 4.52 Å². The zero-order valence-electron chi connectivity index (χ0n) is 10.3. The molecule has 90 valence electrons. The molecule has 0 spiro atoms. The lowest BCUT2D eigenvalue weighted by Crippen LogP contribution is -2.37. The van der Waals surface area contributed by atoms with E-state index < -0.39 is 0 Å². The first-order chi connectivity index (χ1) is 7.60. The summed E-state index contributed by atoms with van der Waals surface area (Å²) in [7, 11) is 4.00. The third kappa shape index (κ3) is 2.41. The van der Waals surface area contributed by atoms with Gasteiger partial charge < -0.3 is 14.7 Å². The molecule has 16 heavy (non-hydrogen) atoms. The number of aromatic nitrogens is 2. The Kier molecular flexibility index (Phi) is 3.25. The van der Waals surface area contributed by atoms with Crippen molar-refractivity contribution in [1.29, 1.82) is 0 Å². The highest BCUT2D eigenvalue weighted by atomic mass is 16.5. The van der Waals surface area contributed by atoms with Crippen molar-refractivity contribution < 1.29 is 4.52 Å². The summed E-state index contributed by atoms with van der Waals surface area (Å²) in [5.74, 6) is 1.57. The highest BCUT2D eigenvalue weighted by molar-refractivity contribution is 5.05. The first kappa shape index (κ1) is 11.5. The normalized spacial score (nSPS) is 20.2. The van der Waals surface area contributed by atoms with Crippen molar-refractivity contribution in [2.75, 3.05) is 27.2 Å². The minimum Gasteiger partial charge on any atom is -0.339 e. The van der Waals surface area contributed by atoms with Crippen molar-refractivity contribution in [3.05, 3.63) is 11.7 Å². The SMILES string of the molecule is CN(C)Cc1noc(C2(C)CCNCC2)n1. The maximum Gasteiger partial charge on any atom is 0.232 e. The molecular weight excluding hydrogens is 204 g/mol. The lowest BCUT2D eigenvalue weighted by molar-refractivity contribution is 0.240. The van der Waals surface area contributed by atoms with Gasteiger partial charge in [0.05, 0.1) is 6.54 Å². The third-order valence-electron chi connectivity index (χ3n) is 3.15. The highest BCUT2D eigenvalue weighted by Gasteiger charge is 2.34. The minimum absolute atomic E-state index is 0.0583. The van der Waals surface area contributed by atoms with Crippen LogP contribution in [0.3, 0.4) is 0 Å². The maximum absolute atomic E-state index is 5.39. The van der Waals surface area contributed by atoms with Gasteiger partial charge in [0.2, 0.25) is 5.89 Å². The van der Waals surface area contributed by atoms with E-state index in [1.165, 1.54) is 0 Å². The minimum atomic E-state index is 0.0583. The fourth-order valence-electron chi connectivity index (χ4n) is 2.04. The molecule has 0 radical (unpaired) electrons. The van der Waals surface area contributed by atoms with Crippen molar-refractivity contribution in [3.8, 4) is 0 Å². The summed E-state index contributed by atoms with van der Waals surface area (Å²) in [6.45, 7) is 5.00. The Bertz CT molecular complexity index is 342. The molecule has 5 nitrogen and oxygen atoms in total. The van der Waals surface area contributed by atoms with Crippen molar-refractivity contribution in [1.82, 2.24) is 20.4 Å². The molecule has 0 aromatic carbocycles. The van der Waals surface area contributed by atoms with Crippen molar-refractivity contribution >= 4 is 0 Å². The Morgan fingerprint density at radius 3 is 2.69 bits per heavy atom. The predicted octanol–water partition coefficient (Wildman–Crippen LogP) is 0.772. The van der Waals surface area contributed by atoms with E-state index >= 15 is 0 Å². The molecule has 5 heteroatoms. The average molecular weight is 224 g/mol. The molecule has 0 aliphatic carbocycles. The van der Waals surface area contributed by atoms with E-state index in [-0.39, 0.29) is 5.41 Å². The summed E-state index contributed by atoms with van der Waals surface area (Å²) in [6.07, 6.45) is 2.13.